The van der Waals surface area contributed by atoms with Crippen molar-refractivity contribution in [2.45, 2.75) is 26.4 Å². The summed E-state index contributed by atoms with van der Waals surface area (Å²) in [5.41, 5.74) is 1.47. The Morgan fingerprint density at radius 3 is 2.67 bits per heavy atom. The van der Waals surface area contributed by atoms with Gasteiger partial charge in [0.2, 0.25) is 0 Å². The quantitative estimate of drug-likeness (QED) is 0.653. The summed E-state index contributed by atoms with van der Waals surface area (Å²) in [6.07, 6.45) is -1.08. The highest BCUT2D eigenvalue weighted by Crippen LogP contribution is 2.07. The lowest BCUT2D eigenvalue weighted by molar-refractivity contribution is -0.146. The summed E-state index contributed by atoms with van der Waals surface area (Å²) >= 11 is 0. The third kappa shape index (κ3) is 3.49. The van der Waals surface area contributed by atoms with Gasteiger partial charge in [-0.3, -0.25) is 4.79 Å². The molecular formula is C11H15N3O4. The molecule has 0 spiro atoms. The van der Waals surface area contributed by atoms with E-state index in [1.54, 1.807) is 13.0 Å². The van der Waals surface area contributed by atoms with Gasteiger partial charge in [-0.15, -0.1) is 0 Å². The number of aliphatic hydroxyl groups excluding tert-OH is 1. The molecule has 3 N–H and O–H groups in total. The zero-order valence-corrected chi connectivity index (χ0v) is 10.2. The molecule has 7 nitrogen and oxygen atoms in total. The molecule has 0 aromatic carbocycles. The number of aliphatic hydroxyl groups is 1. The number of carboxylic acids is 1. The number of carbonyl (C=O) groups is 2. The van der Waals surface area contributed by atoms with Gasteiger partial charge in [-0.25, -0.2) is 4.79 Å². The maximum atomic E-state index is 11.8. The number of rotatable bonds is 5. The maximum Gasteiger partial charge on any atom is 0.334 e. The molecule has 0 saturated heterocycles. The van der Waals surface area contributed by atoms with Crippen LogP contribution in [0, 0.1) is 6.92 Å². The van der Waals surface area contributed by atoms with E-state index >= 15 is 0 Å². The number of carboxylic acid groups (broad SMARTS) is 1. The Labute approximate surface area is 104 Å². The molecule has 0 saturated carbocycles. The molecule has 0 bridgehead atoms. The van der Waals surface area contributed by atoms with Crippen LogP contribution in [-0.4, -0.2) is 44.9 Å². The van der Waals surface area contributed by atoms with Crippen molar-refractivity contribution in [1.82, 2.24) is 15.5 Å². The lowest BCUT2D eigenvalue weighted by atomic mass is 10.1. The molecule has 1 aromatic heterocycles. The zero-order valence-electron chi connectivity index (χ0n) is 10.2. The smallest absolute Gasteiger partial charge is 0.334 e. The molecule has 0 radical (unpaired) electrons. The van der Waals surface area contributed by atoms with E-state index in [-0.39, 0.29) is 6.54 Å². The normalized spacial score (nSPS) is 11.9. The van der Waals surface area contributed by atoms with Crippen molar-refractivity contribution in [3.63, 3.8) is 0 Å². The Hall–Kier alpha value is -2.02. The summed E-state index contributed by atoms with van der Waals surface area (Å²) in [6, 6.07) is 1.58. The Bertz CT molecular complexity index is 462. The fourth-order valence-electron chi connectivity index (χ4n) is 1.34. The Morgan fingerprint density at radius 2 is 2.11 bits per heavy atom. The summed E-state index contributed by atoms with van der Waals surface area (Å²) in [6.45, 7) is 3.19. The van der Waals surface area contributed by atoms with E-state index in [1.807, 2.05) is 6.92 Å². The third-order valence-electron chi connectivity index (χ3n) is 2.31. The molecule has 98 valence electrons. The van der Waals surface area contributed by atoms with Crippen molar-refractivity contribution in [2.75, 3.05) is 6.54 Å². The van der Waals surface area contributed by atoms with E-state index in [9.17, 15) is 9.59 Å². The predicted molar refractivity (Wildman–Crippen MR) is 62.1 cm³/mol. The van der Waals surface area contributed by atoms with Crippen LogP contribution >= 0.6 is 0 Å². The van der Waals surface area contributed by atoms with Gasteiger partial charge < -0.3 is 15.5 Å². The van der Waals surface area contributed by atoms with Crippen LogP contribution in [0.3, 0.4) is 0 Å². The van der Waals surface area contributed by atoms with Gasteiger partial charge in [0, 0.05) is 0 Å². The molecule has 1 aromatic rings. The highest BCUT2D eigenvalue weighted by Gasteiger charge is 2.17. The molecule has 1 atom stereocenters. The van der Waals surface area contributed by atoms with Crippen LogP contribution in [0.5, 0.6) is 0 Å². The summed E-state index contributed by atoms with van der Waals surface area (Å²) in [5.74, 6) is -1.85. The molecule has 7 heteroatoms. The number of aryl methyl sites for hydroxylation is 2. The first-order valence-electron chi connectivity index (χ1n) is 5.48. The molecule has 1 heterocycles. The van der Waals surface area contributed by atoms with E-state index in [0.717, 1.165) is 0 Å². The topological polar surface area (TPSA) is 112 Å². The lowest BCUT2D eigenvalue weighted by Gasteiger charge is -2.10. The zero-order chi connectivity index (χ0) is 13.7. The average molecular weight is 253 g/mol. The van der Waals surface area contributed by atoms with Crippen molar-refractivity contribution in [3.05, 3.63) is 23.0 Å². The number of nitrogens with zero attached hydrogens (tertiary/aromatic N) is 2. The molecule has 1 unspecified atom stereocenters. The molecule has 0 aliphatic carbocycles. The van der Waals surface area contributed by atoms with Gasteiger partial charge in [-0.1, -0.05) is 6.92 Å². The molecule has 0 aliphatic heterocycles. The first-order valence-corrected chi connectivity index (χ1v) is 5.48. The molecule has 0 fully saturated rings. The number of hydrogen-bond acceptors (Lipinski definition) is 5. The number of aromatic nitrogens is 2. The monoisotopic (exact) mass is 253 g/mol. The van der Waals surface area contributed by atoms with Gasteiger partial charge in [0.15, 0.2) is 6.10 Å². The van der Waals surface area contributed by atoms with E-state index in [4.69, 9.17) is 10.2 Å². The van der Waals surface area contributed by atoms with Crippen molar-refractivity contribution in [3.8, 4) is 0 Å². The second-order valence-electron chi connectivity index (χ2n) is 3.76. The summed E-state index contributed by atoms with van der Waals surface area (Å²) < 4.78 is 0. The van der Waals surface area contributed by atoms with Crippen LogP contribution in [0.4, 0.5) is 0 Å². The minimum Gasteiger partial charge on any atom is -0.479 e. The fourth-order valence-corrected chi connectivity index (χ4v) is 1.34. The van der Waals surface area contributed by atoms with Crippen molar-refractivity contribution in [2.24, 2.45) is 0 Å². The molecule has 0 aliphatic rings. The summed E-state index contributed by atoms with van der Waals surface area (Å²) in [4.78, 5) is 22.2. The minimum atomic E-state index is -1.62. The number of aliphatic carboxylic acids is 1. The SMILES string of the molecule is CCc1nnc(C)cc1C(=O)NCC(O)C(=O)O. The molecular weight excluding hydrogens is 238 g/mol. The molecule has 18 heavy (non-hydrogen) atoms. The fraction of sp³-hybridized carbons (Fsp3) is 0.455. The number of carbonyl (C=O) groups excluding carboxylic acids is 1. The van der Waals surface area contributed by atoms with Gasteiger partial charge in [0.1, 0.15) is 0 Å². The van der Waals surface area contributed by atoms with E-state index in [0.29, 0.717) is 23.4 Å². The number of nitrogens with one attached hydrogen (secondary N) is 1. The van der Waals surface area contributed by atoms with Crippen LogP contribution < -0.4 is 5.32 Å². The van der Waals surface area contributed by atoms with Crippen molar-refractivity contribution < 1.29 is 19.8 Å². The Balaban J connectivity index is 2.78. The highest BCUT2D eigenvalue weighted by atomic mass is 16.4. The van der Waals surface area contributed by atoms with Crippen LogP contribution in [0.25, 0.3) is 0 Å². The summed E-state index contributed by atoms with van der Waals surface area (Å²) in [5, 5.41) is 27.6. The lowest BCUT2D eigenvalue weighted by Crippen LogP contribution is -2.37. The van der Waals surface area contributed by atoms with Gasteiger partial charge in [0.05, 0.1) is 23.5 Å². The standard InChI is InChI=1S/C11H15N3O4/c1-3-8-7(4-6(2)13-14-8)10(16)12-5-9(15)11(17)18/h4,9,15H,3,5H2,1-2H3,(H,12,16)(H,17,18). The van der Waals surface area contributed by atoms with E-state index in [2.05, 4.69) is 15.5 Å². The molecule has 1 rings (SSSR count). The van der Waals surface area contributed by atoms with Crippen LogP contribution in [0.2, 0.25) is 0 Å². The second-order valence-corrected chi connectivity index (χ2v) is 3.76. The van der Waals surface area contributed by atoms with E-state index in [1.165, 1.54) is 0 Å². The first kappa shape index (κ1) is 14.0. The predicted octanol–water partition coefficient (Wildman–Crippen LogP) is -0.477. The number of hydrogen-bond donors (Lipinski definition) is 3. The van der Waals surface area contributed by atoms with Crippen LogP contribution in [0.1, 0.15) is 28.7 Å². The largest absolute Gasteiger partial charge is 0.479 e. The Morgan fingerprint density at radius 1 is 1.44 bits per heavy atom. The van der Waals surface area contributed by atoms with Gasteiger partial charge in [-0.05, 0) is 19.4 Å². The van der Waals surface area contributed by atoms with Gasteiger partial charge in [-0.2, -0.15) is 10.2 Å². The van der Waals surface area contributed by atoms with Crippen molar-refractivity contribution in [1.29, 1.82) is 0 Å². The van der Waals surface area contributed by atoms with Crippen molar-refractivity contribution >= 4 is 11.9 Å². The third-order valence-corrected chi connectivity index (χ3v) is 2.31. The second kappa shape index (κ2) is 6.06. The Kier molecular flexibility index (Phi) is 4.73. The van der Waals surface area contributed by atoms with E-state index < -0.39 is 18.0 Å². The van der Waals surface area contributed by atoms with Crippen LogP contribution in [0.15, 0.2) is 6.07 Å². The van der Waals surface area contributed by atoms with Crippen LogP contribution in [-0.2, 0) is 11.2 Å². The maximum absolute atomic E-state index is 11.8. The summed E-state index contributed by atoms with van der Waals surface area (Å²) in [7, 11) is 0. The van der Waals surface area contributed by atoms with Gasteiger partial charge >= 0.3 is 5.97 Å². The first-order chi connectivity index (χ1) is 8.45. The minimum absolute atomic E-state index is 0.349. The number of amides is 1. The average Bonchev–Trinajstić information content (AvgIpc) is 2.35. The van der Waals surface area contributed by atoms with Gasteiger partial charge in [0.25, 0.3) is 5.91 Å². The highest BCUT2D eigenvalue weighted by molar-refractivity contribution is 5.95. The molecule has 1 amide bonds.